The van der Waals surface area contributed by atoms with Crippen LogP contribution in [-0.2, 0) is 0 Å². The van der Waals surface area contributed by atoms with Gasteiger partial charge in [0.2, 0.25) is 10.9 Å². The zero-order valence-corrected chi connectivity index (χ0v) is 14.5. The highest BCUT2D eigenvalue weighted by molar-refractivity contribution is 8.00. The SMILES string of the molecule is CSc1nnc(NC(=O)c2cc(-c3cccc(OC(F)(F)F)c3)no2)s1. The minimum absolute atomic E-state index is 0.122. The van der Waals surface area contributed by atoms with Crippen LogP contribution in [0.2, 0.25) is 0 Å². The number of hydrogen-bond acceptors (Lipinski definition) is 8. The molecule has 7 nitrogen and oxygen atoms in total. The molecule has 0 unspecified atom stereocenters. The van der Waals surface area contributed by atoms with E-state index in [0.29, 0.717) is 9.90 Å². The van der Waals surface area contributed by atoms with Gasteiger partial charge < -0.3 is 9.26 Å². The molecule has 0 saturated carbocycles. The van der Waals surface area contributed by atoms with Gasteiger partial charge in [0.05, 0.1) is 0 Å². The summed E-state index contributed by atoms with van der Waals surface area (Å²) in [4.78, 5) is 12.1. The molecule has 2 heterocycles. The quantitative estimate of drug-likeness (QED) is 0.508. The highest BCUT2D eigenvalue weighted by Crippen LogP contribution is 2.28. The lowest BCUT2D eigenvalue weighted by molar-refractivity contribution is -0.274. The minimum Gasteiger partial charge on any atom is -0.406 e. The van der Waals surface area contributed by atoms with Gasteiger partial charge in [0.15, 0.2) is 4.34 Å². The van der Waals surface area contributed by atoms with Crippen LogP contribution in [0.15, 0.2) is 39.2 Å². The van der Waals surface area contributed by atoms with Crippen molar-refractivity contribution in [3.63, 3.8) is 0 Å². The van der Waals surface area contributed by atoms with Crippen LogP contribution in [0.1, 0.15) is 10.6 Å². The lowest BCUT2D eigenvalue weighted by atomic mass is 10.1. The number of anilines is 1. The van der Waals surface area contributed by atoms with Gasteiger partial charge in [0, 0.05) is 11.6 Å². The maximum atomic E-state index is 12.3. The highest BCUT2D eigenvalue weighted by atomic mass is 32.2. The standard InChI is InChI=1S/C14H9F3N4O3S2/c1-25-13-20-19-12(26-13)18-11(22)10-6-9(21-24-10)7-3-2-4-8(5-7)23-14(15,16)17/h2-6H,1H3,(H,18,19,22). The van der Waals surface area contributed by atoms with E-state index >= 15 is 0 Å². The number of benzene rings is 1. The van der Waals surface area contributed by atoms with Crippen molar-refractivity contribution in [3.8, 4) is 17.0 Å². The smallest absolute Gasteiger partial charge is 0.406 e. The van der Waals surface area contributed by atoms with Crippen molar-refractivity contribution in [1.82, 2.24) is 15.4 Å². The Balaban J connectivity index is 1.75. The number of hydrogen-bond donors (Lipinski definition) is 1. The number of alkyl halides is 3. The second-order valence-corrected chi connectivity index (χ2v) is 6.71. The largest absolute Gasteiger partial charge is 0.573 e. The van der Waals surface area contributed by atoms with Gasteiger partial charge in [-0.05, 0) is 18.4 Å². The summed E-state index contributed by atoms with van der Waals surface area (Å²) in [6.45, 7) is 0. The minimum atomic E-state index is -4.80. The van der Waals surface area contributed by atoms with E-state index in [1.54, 1.807) is 0 Å². The molecule has 1 N–H and O–H groups in total. The van der Waals surface area contributed by atoms with Gasteiger partial charge in [-0.3, -0.25) is 10.1 Å². The topological polar surface area (TPSA) is 90.1 Å². The second-order valence-electron chi connectivity index (χ2n) is 4.68. The van der Waals surface area contributed by atoms with Gasteiger partial charge >= 0.3 is 6.36 Å². The molecular weight excluding hydrogens is 393 g/mol. The molecule has 0 fully saturated rings. The second kappa shape index (κ2) is 7.33. The summed E-state index contributed by atoms with van der Waals surface area (Å²) in [5.74, 6) is -1.12. The van der Waals surface area contributed by atoms with Crippen molar-refractivity contribution in [1.29, 1.82) is 0 Å². The maximum absolute atomic E-state index is 12.3. The van der Waals surface area contributed by atoms with E-state index in [0.717, 1.165) is 12.1 Å². The van der Waals surface area contributed by atoms with Gasteiger partial charge in [-0.2, -0.15) is 0 Å². The van der Waals surface area contributed by atoms with E-state index in [2.05, 4.69) is 25.4 Å². The molecule has 136 valence electrons. The summed E-state index contributed by atoms with van der Waals surface area (Å²) in [7, 11) is 0. The van der Waals surface area contributed by atoms with Gasteiger partial charge in [-0.1, -0.05) is 40.4 Å². The first-order valence-electron chi connectivity index (χ1n) is 6.86. The van der Waals surface area contributed by atoms with E-state index in [9.17, 15) is 18.0 Å². The Hall–Kier alpha value is -2.60. The van der Waals surface area contributed by atoms with E-state index in [1.165, 1.54) is 41.3 Å². The number of carbonyl (C=O) groups excluding carboxylic acids is 1. The van der Waals surface area contributed by atoms with Gasteiger partial charge in [-0.25, -0.2) is 0 Å². The normalized spacial score (nSPS) is 11.4. The third-order valence-electron chi connectivity index (χ3n) is 2.90. The summed E-state index contributed by atoms with van der Waals surface area (Å²) >= 11 is 2.57. The summed E-state index contributed by atoms with van der Waals surface area (Å²) < 4.78 is 46.4. The zero-order chi connectivity index (χ0) is 18.7. The molecule has 26 heavy (non-hydrogen) atoms. The number of nitrogens with one attached hydrogen (secondary N) is 1. The number of carbonyl (C=O) groups is 1. The Morgan fingerprint density at radius 3 is 2.81 bits per heavy atom. The molecule has 2 aromatic heterocycles. The van der Waals surface area contributed by atoms with E-state index in [4.69, 9.17) is 4.52 Å². The number of halogens is 3. The number of rotatable bonds is 5. The Morgan fingerprint density at radius 2 is 2.12 bits per heavy atom. The zero-order valence-electron chi connectivity index (χ0n) is 12.9. The van der Waals surface area contributed by atoms with Crippen molar-refractivity contribution >= 4 is 34.1 Å². The molecule has 0 aliphatic rings. The van der Waals surface area contributed by atoms with E-state index in [-0.39, 0.29) is 16.6 Å². The van der Waals surface area contributed by atoms with Gasteiger partial charge in [0.25, 0.3) is 5.91 Å². The average Bonchev–Trinajstić information content (AvgIpc) is 3.22. The molecule has 0 atom stereocenters. The van der Waals surface area contributed by atoms with Crippen LogP contribution >= 0.6 is 23.1 Å². The van der Waals surface area contributed by atoms with Crippen LogP contribution in [0.5, 0.6) is 5.75 Å². The van der Waals surface area contributed by atoms with E-state index < -0.39 is 18.0 Å². The van der Waals surface area contributed by atoms with E-state index in [1.807, 2.05) is 6.26 Å². The number of aromatic nitrogens is 3. The molecule has 0 bridgehead atoms. The van der Waals surface area contributed by atoms with Crippen LogP contribution in [0.4, 0.5) is 18.3 Å². The van der Waals surface area contributed by atoms with Crippen LogP contribution < -0.4 is 10.1 Å². The third-order valence-corrected chi connectivity index (χ3v) is 4.71. The predicted molar refractivity (Wildman–Crippen MR) is 88.3 cm³/mol. The number of amides is 1. The first-order valence-corrected chi connectivity index (χ1v) is 8.90. The monoisotopic (exact) mass is 402 g/mol. The Bertz CT molecular complexity index is 926. The highest BCUT2D eigenvalue weighted by Gasteiger charge is 2.31. The number of nitrogens with zero attached hydrogens (tertiary/aromatic N) is 3. The Morgan fingerprint density at radius 1 is 1.31 bits per heavy atom. The fraction of sp³-hybridized carbons (Fsp3) is 0.143. The molecule has 0 aliphatic carbocycles. The maximum Gasteiger partial charge on any atom is 0.573 e. The van der Waals surface area contributed by atoms with Crippen LogP contribution in [-0.4, -0.2) is 33.9 Å². The number of thioether (sulfide) groups is 1. The van der Waals surface area contributed by atoms with Crippen molar-refractivity contribution in [2.75, 3.05) is 11.6 Å². The van der Waals surface area contributed by atoms with Crippen LogP contribution in [0.3, 0.4) is 0 Å². The molecule has 1 amide bonds. The molecule has 0 radical (unpaired) electrons. The fourth-order valence-corrected chi connectivity index (χ4v) is 3.04. The number of ether oxygens (including phenoxy) is 1. The van der Waals surface area contributed by atoms with Gasteiger partial charge in [-0.15, -0.1) is 23.4 Å². The third kappa shape index (κ3) is 4.52. The predicted octanol–water partition coefficient (Wildman–Crippen LogP) is 4.07. The lowest BCUT2D eigenvalue weighted by Gasteiger charge is -2.08. The average molecular weight is 402 g/mol. The first-order chi connectivity index (χ1) is 12.3. The van der Waals surface area contributed by atoms with Crippen molar-refractivity contribution in [2.24, 2.45) is 0 Å². The van der Waals surface area contributed by atoms with Gasteiger partial charge in [0.1, 0.15) is 11.4 Å². The van der Waals surface area contributed by atoms with Crippen molar-refractivity contribution in [2.45, 2.75) is 10.7 Å². The molecule has 0 spiro atoms. The Kier molecular flexibility index (Phi) is 5.13. The molecule has 3 aromatic rings. The summed E-state index contributed by atoms with van der Waals surface area (Å²) in [5.41, 5.74) is 0.486. The lowest BCUT2D eigenvalue weighted by Crippen LogP contribution is -2.17. The molecular formula is C14H9F3N4O3S2. The van der Waals surface area contributed by atoms with Crippen molar-refractivity contribution < 1.29 is 27.2 Å². The molecule has 12 heteroatoms. The molecule has 1 aromatic carbocycles. The Labute approximate surface area is 152 Å². The van der Waals surface area contributed by atoms with Crippen molar-refractivity contribution in [3.05, 3.63) is 36.1 Å². The molecule has 0 aliphatic heterocycles. The fourth-order valence-electron chi connectivity index (χ4n) is 1.87. The van der Waals surface area contributed by atoms with Crippen LogP contribution in [0, 0.1) is 0 Å². The molecule has 0 saturated heterocycles. The summed E-state index contributed by atoms with van der Waals surface area (Å²) in [6, 6.07) is 6.48. The summed E-state index contributed by atoms with van der Waals surface area (Å²) in [6.07, 6.45) is -2.98. The molecule has 3 rings (SSSR count). The summed E-state index contributed by atoms with van der Waals surface area (Å²) in [5, 5.41) is 14.1. The first kappa shape index (κ1) is 18.2. The van der Waals surface area contributed by atoms with Crippen LogP contribution in [0.25, 0.3) is 11.3 Å².